The van der Waals surface area contributed by atoms with Crippen molar-refractivity contribution in [1.29, 1.82) is 0 Å². The predicted molar refractivity (Wildman–Crippen MR) is 114 cm³/mol. The molecule has 2 amide bonds. The first-order valence-electron chi connectivity index (χ1n) is 9.63. The maximum absolute atomic E-state index is 12.6. The molecule has 2 aromatic rings. The molecule has 29 heavy (non-hydrogen) atoms. The van der Waals surface area contributed by atoms with E-state index in [1.54, 1.807) is 30.3 Å². The van der Waals surface area contributed by atoms with E-state index in [2.05, 4.69) is 15.6 Å². The summed E-state index contributed by atoms with van der Waals surface area (Å²) in [4.78, 5) is 28.5. The molecule has 1 aromatic heterocycles. The van der Waals surface area contributed by atoms with E-state index in [0.717, 1.165) is 25.7 Å². The molecule has 6 nitrogen and oxygen atoms in total. The molecule has 0 aliphatic heterocycles. The molecule has 8 heteroatoms. The van der Waals surface area contributed by atoms with Crippen LogP contribution in [0.5, 0.6) is 5.88 Å². The highest BCUT2D eigenvalue weighted by molar-refractivity contribution is 6.35. The van der Waals surface area contributed by atoms with Crippen LogP contribution < -0.4 is 15.4 Å². The number of ether oxygens (including phenoxy) is 1. The summed E-state index contributed by atoms with van der Waals surface area (Å²) in [5, 5.41) is 6.52. The van der Waals surface area contributed by atoms with Crippen LogP contribution in [0.3, 0.4) is 0 Å². The van der Waals surface area contributed by atoms with E-state index in [4.69, 9.17) is 27.9 Å². The molecule has 0 bridgehead atoms. The van der Waals surface area contributed by atoms with E-state index < -0.39 is 0 Å². The van der Waals surface area contributed by atoms with Crippen molar-refractivity contribution in [2.45, 2.75) is 38.7 Å². The molecule has 0 radical (unpaired) electrons. The van der Waals surface area contributed by atoms with E-state index in [1.165, 1.54) is 6.20 Å². The quantitative estimate of drug-likeness (QED) is 0.687. The van der Waals surface area contributed by atoms with Crippen molar-refractivity contribution in [3.8, 4) is 5.88 Å². The van der Waals surface area contributed by atoms with Gasteiger partial charge in [-0.3, -0.25) is 9.59 Å². The van der Waals surface area contributed by atoms with Gasteiger partial charge in [-0.1, -0.05) is 23.2 Å². The molecule has 1 heterocycles. The van der Waals surface area contributed by atoms with Crippen molar-refractivity contribution >= 4 is 40.7 Å². The summed E-state index contributed by atoms with van der Waals surface area (Å²) < 4.78 is 5.87. The van der Waals surface area contributed by atoms with Gasteiger partial charge in [0.2, 0.25) is 11.8 Å². The standard InChI is InChI=1S/C21H23Cl2N3O3/c1-2-24-19(27)13-3-7-16(8-4-13)26-20(28)14-5-9-17(10-6-14)29-21-18(23)11-15(22)12-25-21/h3-4,7-8,11-12,14,17H,2,5-6,9-10H2,1H3,(H,24,27)(H,26,28). The van der Waals surface area contributed by atoms with Gasteiger partial charge in [-0.2, -0.15) is 0 Å². The summed E-state index contributed by atoms with van der Waals surface area (Å²) in [5.74, 6) is 0.151. The normalized spacial score (nSPS) is 18.7. The van der Waals surface area contributed by atoms with Crippen molar-refractivity contribution in [2.24, 2.45) is 5.92 Å². The number of rotatable bonds is 6. The number of pyridine rings is 1. The highest BCUT2D eigenvalue weighted by Gasteiger charge is 2.28. The zero-order chi connectivity index (χ0) is 20.8. The van der Waals surface area contributed by atoms with Gasteiger partial charge in [-0.25, -0.2) is 4.98 Å². The number of nitrogens with zero attached hydrogens (tertiary/aromatic N) is 1. The van der Waals surface area contributed by atoms with Crippen LogP contribution in [0.2, 0.25) is 10.0 Å². The minimum atomic E-state index is -0.126. The summed E-state index contributed by atoms with van der Waals surface area (Å²) >= 11 is 12.0. The molecule has 1 aliphatic carbocycles. The summed E-state index contributed by atoms with van der Waals surface area (Å²) in [6.07, 6.45) is 4.40. The van der Waals surface area contributed by atoms with E-state index in [-0.39, 0.29) is 23.8 Å². The van der Waals surface area contributed by atoms with Crippen LogP contribution in [0, 0.1) is 5.92 Å². The second-order valence-electron chi connectivity index (χ2n) is 6.96. The summed E-state index contributed by atoms with van der Waals surface area (Å²) in [5.41, 5.74) is 1.25. The predicted octanol–water partition coefficient (Wildman–Crippen LogP) is 4.71. The Balaban J connectivity index is 1.49. The third-order valence-corrected chi connectivity index (χ3v) is 5.33. The smallest absolute Gasteiger partial charge is 0.251 e. The number of benzene rings is 1. The lowest BCUT2D eigenvalue weighted by atomic mass is 9.86. The Hall–Kier alpha value is -2.31. The van der Waals surface area contributed by atoms with Crippen LogP contribution in [0.25, 0.3) is 0 Å². The largest absolute Gasteiger partial charge is 0.473 e. The highest BCUT2D eigenvalue weighted by Crippen LogP contribution is 2.31. The number of nitrogens with one attached hydrogen (secondary N) is 2. The second-order valence-corrected chi connectivity index (χ2v) is 7.80. The molecule has 0 saturated heterocycles. The Labute approximate surface area is 179 Å². The lowest BCUT2D eigenvalue weighted by Gasteiger charge is -2.28. The Morgan fingerprint density at radius 3 is 2.45 bits per heavy atom. The molecule has 154 valence electrons. The number of anilines is 1. The van der Waals surface area contributed by atoms with E-state index in [9.17, 15) is 9.59 Å². The van der Waals surface area contributed by atoms with Crippen molar-refractivity contribution in [3.63, 3.8) is 0 Å². The topological polar surface area (TPSA) is 80.3 Å². The number of carbonyl (C=O) groups is 2. The van der Waals surface area contributed by atoms with Crippen LogP contribution in [-0.2, 0) is 4.79 Å². The number of hydrogen-bond donors (Lipinski definition) is 2. The van der Waals surface area contributed by atoms with Crippen molar-refractivity contribution in [3.05, 3.63) is 52.1 Å². The first kappa shape index (κ1) is 21.4. The van der Waals surface area contributed by atoms with Crippen LogP contribution in [-0.4, -0.2) is 29.4 Å². The monoisotopic (exact) mass is 435 g/mol. The maximum Gasteiger partial charge on any atom is 0.251 e. The summed E-state index contributed by atoms with van der Waals surface area (Å²) in [7, 11) is 0. The van der Waals surface area contributed by atoms with E-state index in [0.29, 0.717) is 33.7 Å². The number of aromatic nitrogens is 1. The molecule has 2 N–H and O–H groups in total. The molecular formula is C21H23Cl2N3O3. The number of amides is 2. The fourth-order valence-electron chi connectivity index (χ4n) is 3.30. The number of halogens is 2. The van der Waals surface area contributed by atoms with Gasteiger partial charge in [0.15, 0.2) is 0 Å². The van der Waals surface area contributed by atoms with Gasteiger partial charge < -0.3 is 15.4 Å². The average Bonchev–Trinajstić information content (AvgIpc) is 2.71. The Kier molecular flexibility index (Phi) is 7.34. The van der Waals surface area contributed by atoms with Crippen LogP contribution >= 0.6 is 23.2 Å². The van der Waals surface area contributed by atoms with Crippen LogP contribution in [0.4, 0.5) is 5.69 Å². The molecule has 0 spiro atoms. The lowest BCUT2D eigenvalue weighted by Crippen LogP contribution is -2.31. The second kappa shape index (κ2) is 9.94. The zero-order valence-corrected chi connectivity index (χ0v) is 17.6. The molecular weight excluding hydrogens is 413 g/mol. The minimum absolute atomic E-state index is 0.0168. The van der Waals surface area contributed by atoms with E-state index >= 15 is 0 Å². The van der Waals surface area contributed by atoms with Gasteiger partial charge in [0.05, 0.1) is 5.02 Å². The molecule has 1 aliphatic rings. The molecule has 3 rings (SSSR count). The first-order chi connectivity index (χ1) is 14.0. The van der Waals surface area contributed by atoms with Crippen molar-refractivity contribution in [1.82, 2.24) is 10.3 Å². The summed E-state index contributed by atoms with van der Waals surface area (Å²) in [6.45, 7) is 2.44. The SMILES string of the molecule is CCNC(=O)c1ccc(NC(=O)C2CCC(Oc3ncc(Cl)cc3Cl)CC2)cc1. The molecule has 1 fully saturated rings. The molecule has 0 atom stereocenters. The van der Waals surface area contributed by atoms with Gasteiger partial charge >= 0.3 is 0 Å². The number of hydrogen-bond acceptors (Lipinski definition) is 4. The van der Waals surface area contributed by atoms with E-state index in [1.807, 2.05) is 6.92 Å². The first-order valence-corrected chi connectivity index (χ1v) is 10.4. The zero-order valence-electron chi connectivity index (χ0n) is 16.1. The van der Waals surface area contributed by atoms with Crippen molar-refractivity contribution < 1.29 is 14.3 Å². The van der Waals surface area contributed by atoms with Gasteiger partial charge in [0.25, 0.3) is 5.91 Å². The molecule has 0 unspecified atom stereocenters. The highest BCUT2D eigenvalue weighted by atomic mass is 35.5. The van der Waals surface area contributed by atoms with Gasteiger partial charge in [0.1, 0.15) is 11.1 Å². The third kappa shape index (κ3) is 5.84. The average molecular weight is 436 g/mol. The van der Waals surface area contributed by atoms with Crippen LogP contribution in [0.1, 0.15) is 43.0 Å². The van der Waals surface area contributed by atoms with Crippen LogP contribution in [0.15, 0.2) is 36.5 Å². The fourth-order valence-corrected chi connectivity index (χ4v) is 3.73. The Bertz CT molecular complexity index is 866. The minimum Gasteiger partial charge on any atom is -0.473 e. The maximum atomic E-state index is 12.6. The number of carbonyl (C=O) groups excluding carboxylic acids is 2. The molecule has 1 aromatic carbocycles. The third-order valence-electron chi connectivity index (χ3n) is 4.85. The van der Waals surface area contributed by atoms with Crippen molar-refractivity contribution in [2.75, 3.05) is 11.9 Å². The Morgan fingerprint density at radius 2 is 1.83 bits per heavy atom. The van der Waals surface area contributed by atoms with Gasteiger partial charge in [-0.05, 0) is 62.9 Å². The van der Waals surface area contributed by atoms with Gasteiger partial charge in [-0.15, -0.1) is 0 Å². The lowest BCUT2D eigenvalue weighted by molar-refractivity contribution is -0.121. The van der Waals surface area contributed by atoms with Gasteiger partial charge in [0, 0.05) is 29.9 Å². The summed E-state index contributed by atoms with van der Waals surface area (Å²) in [6, 6.07) is 8.49. The fraction of sp³-hybridized carbons (Fsp3) is 0.381. The Morgan fingerprint density at radius 1 is 1.14 bits per heavy atom. The molecule has 1 saturated carbocycles.